The quantitative estimate of drug-likeness (QED) is 0.328. The van der Waals surface area contributed by atoms with Crippen LogP contribution in [-0.4, -0.2) is 89.3 Å². The third-order valence-electron chi connectivity index (χ3n) is 13.6. The van der Waals surface area contributed by atoms with Crippen LogP contribution in [0.1, 0.15) is 121 Å². The Morgan fingerprint density at radius 3 is 2.53 bits per heavy atom. The fourth-order valence-corrected chi connectivity index (χ4v) is 10.3. The van der Waals surface area contributed by atoms with E-state index in [1.54, 1.807) is 14.0 Å². The maximum absolute atomic E-state index is 14.9. The van der Waals surface area contributed by atoms with Crippen LogP contribution < -0.4 is 24.8 Å². The van der Waals surface area contributed by atoms with Crippen LogP contribution in [0, 0.1) is 5.92 Å². The number of aryl methyl sites for hydroxylation is 1. The zero-order chi connectivity index (χ0) is 40.0. The standard InChI is InChI=1S/C42H53N5O9S/c1-39(17-18-39)56-38(51)44-30-10-8-6-4-5-7-9-26-22-42(26,37(50)46-57(52,53)40(2)19-20-40)45-35(48)32-23-41(24-47(32)36(30)49)16-15-29-28-14-13-27(54-3)21-31(28)43-33(25-11-12-25)34(29)55-41/h7,9,13-14,21,25-26,30,32H,4-6,8,10-12,15-20,22-24H2,1-3H3,(H,44,51)(H,45,48)(H,46,50)/b9-7-/t26-,30+,32+,41-,42-/m1/s1. The predicted octanol–water partition coefficient (Wildman–Crippen LogP) is 4.83. The third kappa shape index (κ3) is 7.11. The molecule has 1 aromatic heterocycles. The molecule has 1 saturated heterocycles. The number of alkyl carbamates (subject to hydrolysis) is 1. The van der Waals surface area contributed by atoms with Crippen LogP contribution >= 0.6 is 0 Å². The molecule has 57 heavy (non-hydrogen) atoms. The number of carbonyl (C=O) groups excluding carboxylic acids is 4. The molecule has 5 fully saturated rings. The van der Waals surface area contributed by atoms with Crippen molar-refractivity contribution < 1.29 is 41.8 Å². The molecule has 4 aliphatic carbocycles. The summed E-state index contributed by atoms with van der Waals surface area (Å²) in [4.78, 5) is 63.4. The van der Waals surface area contributed by atoms with Gasteiger partial charge in [-0.05, 0) is 103 Å². The molecular weight excluding hydrogens is 751 g/mol. The van der Waals surface area contributed by atoms with Crippen molar-refractivity contribution in [3.8, 4) is 11.5 Å². The van der Waals surface area contributed by atoms with Gasteiger partial charge in [0, 0.05) is 35.3 Å². The van der Waals surface area contributed by atoms with Gasteiger partial charge in [-0.2, -0.15) is 0 Å². The number of methoxy groups -OCH3 is 1. The SMILES string of the molecule is COc1ccc2c3c(c(C4CC4)nc2c1)O[C@]1(CC3)C[C@H]2C(=O)N[C@]3(C(=O)NS(=O)(=O)C4(C)CC4)C[C@H]3/C=C\CCCCC[C@H](NC(=O)OC3(C)CC3)C(=O)N2C1. The van der Waals surface area contributed by atoms with E-state index in [-0.39, 0.29) is 25.3 Å². The van der Waals surface area contributed by atoms with Gasteiger partial charge in [0.2, 0.25) is 21.8 Å². The Morgan fingerprint density at radius 1 is 1.02 bits per heavy atom. The van der Waals surface area contributed by atoms with Crippen molar-refractivity contribution in [3.05, 3.63) is 41.6 Å². The molecule has 0 radical (unpaired) electrons. The Labute approximate surface area is 333 Å². The van der Waals surface area contributed by atoms with Crippen molar-refractivity contribution in [1.82, 2.24) is 25.2 Å². The molecule has 9 rings (SSSR count). The Morgan fingerprint density at radius 2 is 1.81 bits per heavy atom. The van der Waals surface area contributed by atoms with E-state index in [9.17, 15) is 27.6 Å². The lowest BCUT2D eigenvalue weighted by Gasteiger charge is -2.37. The first kappa shape index (κ1) is 38.1. The summed E-state index contributed by atoms with van der Waals surface area (Å²) in [6, 6.07) is 3.82. The smallest absolute Gasteiger partial charge is 0.408 e. The molecule has 2 aromatic rings. The average Bonchev–Trinajstić information content (AvgIpc) is 4.00. The average molecular weight is 804 g/mol. The van der Waals surface area contributed by atoms with Crippen LogP contribution in [0.25, 0.3) is 10.9 Å². The minimum atomic E-state index is -3.98. The number of hydrogen-bond donors (Lipinski definition) is 3. The highest BCUT2D eigenvalue weighted by atomic mass is 32.2. The largest absolute Gasteiger partial charge is 0.497 e. The number of nitrogens with zero attached hydrogens (tertiary/aromatic N) is 2. The first-order valence-electron chi connectivity index (χ1n) is 20.7. The Hall–Kier alpha value is -4.40. The molecule has 4 heterocycles. The number of hydrogen-bond acceptors (Lipinski definition) is 10. The van der Waals surface area contributed by atoms with Crippen LogP contribution in [0.3, 0.4) is 0 Å². The van der Waals surface area contributed by atoms with Crippen LogP contribution in [-0.2, 0) is 35.6 Å². The van der Waals surface area contributed by atoms with Crippen LogP contribution in [0.15, 0.2) is 30.4 Å². The van der Waals surface area contributed by atoms with Crippen LogP contribution in [0.2, 0.25) is 0 Å². The molecule has 3 aliphatic heterocycles. The number of aromatic nitrogens is 1. The number of sulfonamides is 1. The van der Waals surface area contributed by atoms with Gasteiger partial charge in [-0.15, -0.1) is 0 Å². The maximum Gasteiger partial charge on any atom is 0.408 e. The zero-order valence-electron chi connectivity index (χ0n) is 33.0. The second-order valence-corrected chi connectivity index (χ2v) is 20.4. The highest BCUT2D eigenvalue weighted by molar-refractivity contribution is 7.91. The lowest BCUT2D eigenvalue weighted by Crippen LogP contribution is -2.58. The van der Waals surface area contributed by atoms with Gasteiger partial charge in [0.15, 0.2) is 0 Å². The van der Waals surface area contributed by atoms with Crippen molar-refractivity contribution >= 4 is 44.7 Å². The summed E-state index contributed by atoms with van der Waals surface area (Å²) in [6.07, 6.45) is 12.4. The second-order valence-electron chi connectivity index (χ2n) is 18.2. The molecule has 7 aliphatic rings. The minimum absolute atomic E-state index is 0.0777. The number of fused-ring (bicyclic) bond motifs is 5. The molecule has 5 atom stereocenters. The second kappa shape index (κ2) is 13.6. The number of rotatable bonds is 7. The van der Waals surface area contributed by atoms with Crippen molar-refractivity contribution in [2.45, 2.75) is 150 Å². The maximum atomic E-state index is 14.9. The number of nitrogens with one attached hydrogen (secondary N) is 3. The van der Waals surface area contributed by atoms with E-state index in [2.05, 4.69) is 15.4 Å². The number of pyridine rings is 1. The van der Waals surface area contributed by atoms with Crippen molar-refractivity contribution in [1.29, 1.82) is 0 Å². The molecule has 0 unspecified atom stereocenters. The fraction of sp³-hybridized carbons (Fsp3) is 0.643. The van der Waals surface area contributed by atoms with E-state index < -0.39 is 73.3 Å². The summed E-state index contributed by atoms with van der Waals surface area (Å²) in [5, 5.41) is 6.80. The molecular formula is C42H53N5O9S. The van der Waals surface area contributed by atoms with Crippen LogP contribution in [0.5, 0.6) is 11.5 Å². The summed E-state index contributed by atoms with van der Waals surface area (Å²) in [5.41, 5.74) is -0.268. The molecule has 4 amide bonds. The van der Waals surface area contributed by atoms with Gasteiger partial charge in [0.1, 0.15) is 40.3 Å². The van der Waals surface area contributed by atoms with Crippen molar-refractivity contribution in [2.75, 3.05) is 13.7 Å². The molecule has 306 valence electrons. The zero-order valence-corrected chi connectivity index (χ0v) is 33.8. The number of benzene rings is 1. The predicted molar refractivity (Wildman–Crippen MR) is 209 cm³/mol. The number of carbonyl (C=O) groups is 4. The van der Waals surface area contributed by atoms with Gasteiger partial charge in [-0.25, -0.2) is 18.2 Å². The molecule has 3 N–H and O–H groups in total. The third-order valence-corrected chi connectivity index (χ3v) is 15.7. The summed E-state index contributed by atoms with van der Waals surface area (Å²) < 4.78 is 46.1. The highest BCUT2D eigenvalue weighted by Gasteiger charge is 2.64. The molecule has 14 nitrogen and oxygen atoms in total. The number of amides is 4. The van der Waals surface area contributed by atoms with Crippen LogP contribution in [0.4, 0.5) is 4.79 Å². The van der Waals surface area contributed by atoms with E-state index in [0.29, 0.717) is 56.4 Å². The minimum Gasteiger partial charge on any atom is -0.497 e. The monoisotopic (exact) mass is 803 g/mol. The number of ether oxygens (including phenoxy) is 3. The lowest BCUT2D eigenvalue weighted by atomic mass is 9.86. The van der Waals surface area contributed by atoms with E-state index in [4.69, 9.17) is 19.2 Å². The van der Waals surface area contributed by atoms with E-state index >= 15 is 0 Å². The first-order chi connectivity index (χ1) is 27.2. The molecule has 1 spiro atoms. The van der Waals surface area contributed by atoms with Gasteiger partial charge in [-0.3, -0.25) is 19.1 Å². The van der Waals surface area contributed by atoms with Crippen molar-refractivity contribution in [3.63, 3.8) is 0 Å². The number of allylic oxidation sites excluding steroid dienone is 1. The molecule has 4 saturated carbocycles. The Balaban J connectivity index is 1.06. The van der Waals surface area contributed by atoms with E-state index in [0.717, 1.165) is 60.7 Å². The van der Waals surface area contributed by atoms with Gasteiger partial charge >= 0.3 is 6.09 Å². The van der Waals surface area contributed by atoms with Crippen molar-refractivity contribution in [2.24, 2.45) is 5.92 Å². The summed E-state index contributed by atoms with van der Waals surface area (Å²) >= 11 is 0. The summed E-state index contributed by atoms with van der Waals surface area (Å²) in [5.74, 6) is -0.519. The lowest BCUT2D eigenvalue weighted by molar-refractivity contribution is -0.141. The highest BCUT2D eigenvalue weighted by Crippen LogP contribution is 2.52. The Kier molecular flexibility index (Phi) is 9.09. The van der Waals surface area contributed by atoms with Gasteiger partial charge in [0.25, 0.3) is 5.91 Å². The first-order valence-corrected chi connectivity index (χ1v) is 22.2. The van der Waals surface area contributed by atoms with Gasteiger partial charge in [-0.1, -0.05) is 25.0 Å². The summed E-state index contributed by atoms with van der Waals surface area (Å²) in [7, 11) is -2.36. The molecule has 0 bridgehead atoms. The molecule has 1 aromatic carbocycles. The van der Waals surface area contributed by atoms with Gasteiger partial charge < -0.3 is 29.7 Å². The summed E-state index contributed by atoms with van der Waals surface area (Å²) in [6.45, 7) is 3.55. The van der Waals surface area contributed by atoms with E-state index in [1.165, 1.54) is 4.90 Å². The normalized spacial score (nSPS) is 31.9. The Bertz CT molecular complexity index is 2180. The topological polar surface area (TPSA) is 182 Å². The van der Waals surface area contributed by atoms with E-state index in [1.807, 2.05) is 37.3 Å². The fourth-order valence-electron chi connectivity index (χ4n) is 8.97. The molecule has 15 heteroatoms. The van der Waals surface area contributed by atoms with Gasteiger partial charge in [0.05, 0.1) is 29.6 Å².